The molecule has 90 valence electrons. The molecule has 4 N–H and O–H groups in total. The molecule has 0 radical (unpaired) electrons. The van der Waals surface area contributed by atoms with E-state index in [0.717, 1.165) is 4.90 Å². The molecule has 1 aliphatic rings. The maximum atomic E-state index is 11.3. The van der Waals surface area contributed by atoms with Crippen molar-refractivity contribution in [2.45, 2.75) is 12.1 Å². The molecule has 15 heavy (non-hydrogen) atoms. The van der Waals surface area contributed by atoms with Crippen LogP contribution >= 0.6 is 0 Å². The number of sulfone groups is 1. The minimum absolute atomic E-state index is 0.0660. The van der Waals surface area contributed by atoms with Crippen molar-refractivity contribution in [2.75, 3.05) is 37.8 Å². The molecule has 0 aromatic rings. The highest BCUT2D eigenvalue weighted by Crippen LogP contribution is 2.09. The number of quaternary nitrogens is 1. The Hall–Kier alpha value is -0.210. The van der Waals surface area contributed by atoms with Crippen LogP contribution in [-0.2, 0) is 9.84 Å². The predicted molar refractivity (Wildman–Crippen MR) is 53.3 cm³/mol. The highest BCUT2D eigenvalue weighted by Gasteiger charge is 2.42. The Morgan fingerprint density at radius 3 is 2.00 bits per heavy atom. The summed E-state index contributed by atoms with van der Waals surface area (Å²) in [6, 6.07) is -0.422. The zero-order valence-corrected chi connectivity index (χ0v) is 9.28. The van der Waals surface area contributed by atoms with Gasteiger partial charge in [-0.25, -0.2) is 8.42 Å². The largest absolute Gasteiger partial charge is 0.391 e. The Balaban J connectivity index is 2.67. The number of aliphatic hydroxyl groups excluding tert-OH is 3. The lowest BCUT2D eigenvalue weighted by atomic mass is 10.2. The van der Waals surface area contributed by atoms with E-state index in [1.807, 2.05) is 0 Å². The van der Waals surface area contributed by atoms with E-state index in [9.17, 15) is 13.5 Å². The highest BCUT2D eigenvalue weighted by atomic mass is 32.2. The molecule has 1 saturated heterocycles. The Bertz CT molecular complexity index is 285. The predicted octanol–water partition coefficient (Wildman–Crippen LogP) is -3.99. The van der Waals surface area contributed by atoms with Crippen LogP contribution in [0.1, 0.15) is 0 Å². The molecule has 0 unspecified atom stereocenters. The van der Waals surface area contributed by atoms with Gasteiger partial charge >= 0.3 is 0 Å². The van der Waals surface area contributed by atoms with E-state index in [-0.39, 0.29) is 24.7 Å². The van der Waals surface area contributed by atoms with Gasteiger partial charge in [-0.05, 0) is 0 Å². The fraction of sp³-hybridized carbons (Fsp3) is 1.00. The molecule has 7 heteroatoms. The molecular weight excluding hydrogens is 222 g/mol. The molecule has 0 amide bonds. The zero-order valence-electron chi connectivity index (χ0n) is 8.46. The van der Waals surface area contributed by atoms with Crippen LogP contribution in [0.5, 0.6) is 0 Å². The number of aliphatic hydroxyl groups is 3. The summed E-state index contributed by atoms with van der Waals surface area (Å²) in [7, 11) is -3.16. The average Bonchev–Trinajstić information content (AvgIpc) is 2.39. The molecule has 0 aromatic heterocycles. The normalized spacial score (nSPS) is 29.9. The van der Waals surface area contributed by atoms with E-state index in [1.54, 1.807) is 0 Å². The summed E-state index contributed by atoms with van der Waals surface area (Å²) in [5.74, 6) is -0.276. The summed E-state index contributed by atoms with van der Waals surface area (Å²) in [5, 5.41) is 27.2. The van der Waals surface area contributed by atoms with Crippen molar-refractivity contribution >= 4 is 9.84 Å². The third-order valence-electron chi connectivity index (χ3n) is 2.71. The highest BCUT2D eigenvalue weighted by molar-refractivity contribution is 7.91. The third-order valence-corrected chi connectivity index (χ3v) is 4.43. The van der Waals surface area contributed by atoms with Gasteiger partial charge in [0.2, 0.25) is 0 Å². The Morgan fingerprint density at radius 1 is 1.13 bits per heavy atom. The average molecular weight is 240 g/mol. The van der Waals surface area contributed by atoms with Crippen molar-refractivity contribution in [3.8, 4) is 0 Å². The molecule has 6 nitrogen and oxygen atoms in total. The zero-order chi connectivity index (χ0) is 11.5. The van der Waals surface area contributed by atoms with Crippen LogP contribution < -0.4 is 4.90 Å². The molecular formula is C8H18NO5S+. The third kappa shape index (κ3) is 3.39. The van der Waals surface area contributed by atoms with Crippen molar-refractivity contribution in [1.29, 1.82) is 0 Å². The number of rotatable bonds is 5. The Morgan fingerprint density at radius 2 is 1.67 bits per heavy atom. The summed E-state index contributed by atoms with van der Waals surface area (Å²) >= 11 is 0. The van der Waals surface area contributed by atoms with Crippen molar-refractivity contribution < 1.29 is 28.6 Å². The van der Waals surface area contributed by atoms with Gasteiger partial charge in [0.25, 0.3) is 0 Å². The van der Waals surface area contributed by atoms with Gasteiger partial charge in [-0.3, -0.25) is 0 Å². The van der Waals surface area contributed by atoms with Crippen LogP contribution in [0, 0.1) is 0 Å². The maximum absolute atomic E-state index is 11.3. The summed E-state index contributed by atoms with van der Waals surface area (Å²) in [6.45, 7) is 0.521. The molecule has 1 heterocycles. The smallest absolute Gasteiger partial charge is 0.159 e. The molecule has 2 atom stereocenters. The fourth-order valence-electron chi connectivity index (χ4n) is 2.00. The molecule has 1 fully saturated rings. The first-order chi connectivity index (χ1) is 7.00. The summed E-state index contributed by atoms with van der Waals surface area (Å²) in [4.78, 5) is 0.744. The van der Waals surface area contributed by atoms with E-state index >= 15 is 0 Å². The Kier molecular flexibility index (Phi) is 4.47. The second kappa shape index (κ2) is 5.22. The number of hydrogen-bond acceptors (Lipinski definition) is 5. The van der Waals surface area contributed by atoms with Crippen molar-refractivity contribution in [3.05, 3.63) is 0 Å². The number of hydrogen-bond donors (Lipinski definition) is 4. The Labute approximate surface area is 89.1 Å². The standard InChI is InChI=1S/C8H17NO5S/c10-3-1-9(2-4-11)7-5-15(13,14)6-8(7)12/h7-8,10-12H,1-6H2/p+1/t7-,8+/m0/s1. The van der Waals surface area contributed by atoms with Gasteiger partial charge in [-0.15, -0.1) is 0 Å². The molecule has 1 aliphatic heterocycles. The lowest BCUT2D eigenvalue weighted by Crippen LogP contribution is -3.18. The molecule has 0 spiro atoms. The summed E-state index contributed by atoms with van der Waals surface area (Å²) in [5.41, 5.74) is 0. The first-order valence-electron chi connectivity index (χ1n) is 4.95. The van der Waals surface area contributed by atoms with E-state index in [4.69, 9.17) is 10.2 Å². The summed E-state index contributed by atoms with van der Waals surface area (Å²) in [6.07, 6.45) is -0.886. The molecule has 0 aliphatic carbocycles. The van der Waals surface area contributed by atoms with Crippen LogP contribution in [0.15, 0.2) is 0 Å². The van der Waals surface area contributed by atoms with Crippen LogP contribution in [0.2, 0.25) is 0 Å². The lowest BCUT2D eigenvalue weighted by molar-refractivity contribution is -0.926. The maximum Gasteiger partial charge on any atom is 0.159 e. The minimum atomic E-state index is -3.16. The van der Waals surface area contributed by atoms with Gasteiger partial charge in [0.15, 0.2) is 9.84 Å². The van der Waals surface area contributed by atoms with Crippen molar-refractivity contribution in [3.63, 3.8) is 0 Å². The lowest BCUT2D eigenvalue weighted by Gasteiger charge is -2.25. The van der Waals surface area contributed by atoms with Crippen molar-refractivity contribution in [1.82, 2.24) is 0 Å². The monoisotopic (exact) mass is 240 g/mol. The quantitative estimate of drug-likeness (QED) is 0.393. The second-order valence-electron chi connectivity index (χ2n) is 3.86. The van der Waals surface area contributed by atoms with E-state index < -0.39 is 22.0 Å². The molecule has 0 saturated carbocycles. The van der Waals surface area contributed by atoms with Crippen LogP contribution in [0.4, 0.5) is 0 Å². The van der Waals surface area contributed by atoms with Crippen LogP contribution in [0.25, 0.3) is 0 Å². The van der Waals surface area contributed by atoms with Gasteiger partial charge in [0, 0.05) is 0 Å². The van der Waals surface area contributed by atoms with Gasteiger partial charge in [-0.2, -0.15) is 0 Å². The van der Waals surface area contributed by atoms with E-state index in [1.165, 1.54) is 0 Å². The van der Waals surface area contributed by atoms with Gasteiger partial charge in [-0.1, -0.05) is 0 Å². The number of nitrogens with one attached hydrogen (secondary N) is 1. The van der Waals surface area contributed by atoms with E-state index in [2.05, 4.69) is 0 Å². The molecule has 1 rings (SSSR count). The minimum Gasteiger partial charge on any atom is -0.391 e. The fourth-order valence-corrected chi connectivity index (χ4v) is 3.90. The summed E-state index contributed by atoms with van der Waals surface area (Å²) < 4.78 is 22.5. The van der Waals surface area contributed by atoms with Gasteiger partial charge in [0.1, 0.15) is 31.0 Å². The molecule has 0 bridgehead atoms. The van der Waals surface area contributed by atoms with Crippen LogP contribution in [-0.4, -0.2) is 73.7 Å². The van der Waals surface area contributed by atoms with Crippen LogP contribution in [0.3, 0.4) is 0 Å². The SMILES string of the molecule is O=S1(=O)C[C@@H](O)[C@@H]([NH+](CCO)CCO)C1. The topological polar surface area (TPSA) is 99.3 Å². The first kappa shape index (κ1) is 12.9. The van der Waals surface area contributed by atoms with Gasteiger partial charge in [0.05, 0.1) is 19.0 Å². The van der Waals surface area contributed by atoms with Gasteiger partial charge < -0.3 is 20.2 Å². The first-order valence-corrected chi connectivity index (χ1v) is 6.77. The van der Waals surface area contributed by atoms with Crippen molar-refractivity contribution in [2.24, 2.45) is 0 Å². The van der Waals surface area contributed by atoms with E-state index in [0.29, 0.717) is 13.1 Å². The molecule has 0 aromatic carbocycles. The second-order valence-corrected chi connectivity index (χ2v) is 6.01.